The van der Waals surface area contributed by atoms with Gasteiger partial charge in [0.05, 0.1) is 20.3 Å². The molecule has 0 spiro atoms. The Hall–Kier alpha value is -1.06. The Morgan fingerprint density at radius 3 is 2.53 bits per heavy atom. The average Bonchev–Trinajstić information content (AvgIpc) is 2.20. The SMILES string of the molecule is COc1cc(C)c(Cl)cc1C1(C(C)=O)COC1. The molecule has 0 radical (unpaired) electrons. The van der Waals surface area contributed by atoms with Gasteiger partial charge in [-0.25, -0.2) is 0 Å². The first kappa shape index (κ1) is 12.4. The predicted octanol–water partition coefficient (Wildman–Crippen LogP) is 2.51. The molecule has 1 aliphatic rings. The van der Waals surface area contributed by atoms with Crippen molar-refractivity contribution < 1.29 is 14.3 Å². The van der Waals surface area contributed by atoms with Gasteiger partial charge in [0, 0.05) is 10.6 Å². The summed E-state index contributed by atoms with van der Waals surface area (Å²) in [7, 11) is 1.60. The Labute approximate surface area is 106 Å². The number of ether oxygens (including phenoxy) is 2. The van der Waals surface area contributed by atoms with Crippen molar-refractivity contribution in [1.29, 1.82) is 0 Å². The number of carbonyl (C=O) groups excluding carboxylic acids is 1. The fourth-order valence-corrected chi connectivity index (χ4v) is 2.22. The first-order chi connectivity index (χ1) is 8.01. The third-order valence-corrected chi connectivity index (χ3v) is 3.77. The Bertz CT molecular complexity index is 464. The summed E-state index contributed by atoms with van der Waals surface area (Å²) in [6, 6.07) is 3.68. The van der Waals surface area contributed by atoms with Gasteiger partial charge in [-0.2, -0.15) is 0 Å². The number of ketones is 1. The van der Waals surface area contributed by atoms with E-state index in [9.17, 15) is 4.79 Å². The monoisotopic (exact) mass is 254 g/mol. The van der Waals surface area contributed by atoms with Gasteiger partial charge >= 0.3 is 0 Å². The summed E-state index contributed by atoms with van der Waals surface area (Å²) < 4.78 is 10.6. The van der Waals surface area contributed by atoms with Gasteiger partial charge in [-0.05, 0) is 31.5 Å². The minimum Gasteiger partial charge on any atom is -0.496 e. The second kappa shape index (κ2) is 4.31. The van der Waals surface area contributed by atoms with Crippen LogP contribution in [0.15, 0.2) is 12.1 Å². The van der Waals surface area contributed by atoms with E-state index in [1.807, 2.05) is 19.1 Å². The fourth-order valence-electron chi connectivity index (χ4n) is 2.05. The van der Waals surface area contributed by atoms with Crippen molar-refractivity contribution in [1.82, 2.24) is 0 Å². The molecule has 1 aromatic rings. The summed E-state index contributed by atoms with van der Waals surface area (Å²) in [5.41, 5.74) is 1.18. The molecule has 0 aromatic heterocycles. The number of aryl methyl sites for hydroxylation is 1. The number of halogens is 1. The van der Waals surface area contributed by atoms with Crippen molar-refractivity contribution in [3.63, 3.8) is 0 Å². The molecule has 0 N–H and O–H groups in total. The van der Waals surface area contributed by atoms with Gasteiger partial charge in [0.25, 0.3) is 0 Å². The third kappa shape index (κ3) is 1.83. The molecule has 0 amide bonds. The highest BCUT2D eigenvalue weighted by atomic mass is 35.5. The Balaban J connectivity index is 2.57. The van der Waals surface area contributed by atoms with Crippen LogP contribution in [0.2, 0.25) is 5.02 Å². The Morgan fingerprint density at radius 1 is 1.47 bits per heavy atom. The molecule has 0 bridgehead atoms. The van der Waals surface area contributed by atoms with E-state index in [2.05, 4.69) is 0 Å². The van der Waals surface area contributed by atoms with Gasteiger partial charge in [-0.3, -0.25) is 4.79 Å². The highest BCUT2D eigenvalue weighted by Gasteiger charge is 2.47. The van der Waals surface area contributed by atoms with Crippen LogP contribution in [0.4, 0.5) is 0 Å². The molecule has 3 nitrogen and oxygen atoms in total. The van der Waals surface area contributed by atoms with E-state index >= 15 is 0 Å². The molecule has 1 fully saturated rings. The minimum atomic E-state index is -0.581. The second-order valence-corrected chi connectivity index (χ2v) is 4.84. The third-order valence-electron chi connectivity index (χ3n) is 3.37. The van der Waals surface area contributed by atoms with Gasteiger partial charge in [0.2, 0.25) is 0 Å². The lowest BCUT2D eigenvalue weighted by atomic mass is 9.75. The van der Waals surface area contributed by atoms with Crippen LogP contribution in [0.3, 0.4) is 0 Å². The molecule has 1 saturated heterocycles. The Kier molecular flexibility index (Phi) is 3.15. The largest absolute Gasteiger partial charge is 0.496 e. The predicted molar refractivity (Wildman–Crippen MR) is 65.9 cm³/mol. The molecular formula is C13H15ClO3. The van der Waals surface area contributed by atoms with E-state index in [4.69, 9.17) is 21.1 Å². The molecule has 2 rings (SSSR count). The molecule has 1 heterocycles. The van der Waals surface area contributed by atoms with Crippen molar-refractivity contribution in [3.8, 4) is 5.75 Å². The standard InChI is InChI=1S/C13H15ClO3/c1-8-4-12(16-3)10(5-11(8)14)13(9(2)15)6-17-7-13/h4-5H,6-7H2,1-3H3. The molecule has 0 atom stereocenters. The summed E-state index contributed by atoms with van der Waals surface area (Å²) in [5, 5.41) is 0.647. The van der Waals surface area contributed by atoms with E-state index < -0.39 is 5.41 Å². The van der Waals surface area contributed by atoms with Gasteiger partial charge in [-0.1, -0.05) is 11.6 Å². The zero-order chi connectivity index (χ0) is 12.6. The summed E-state index contributed by atoms with van der Waals surface area (Å²) in [6.07, 6.45) is 0. The summed E-state index contributed by atoms with van der Waals surface area (Å²) in [5.74, 6) is 0.785. The molecule has 0 unspecified atom stereocenters. The zero-order valence-electron chi connectivity index (χ0n) is 10.2. The first-order valence-corrected chi connectivity index (χ1v) is 5.82. The maximum atomic E-state index is 11.8. The number of methoxy groups -OCH3 is 1. The fraction of sp³-hybridized carbons (Fsp3) is 0.462. The van der Waals surface area contributed by atoms with E-state index in [1.165, 1.54) is 0 Å². The van der Waals surface area contributed by atoms with E-state index in [0.29, 0.717) is 24.0 Å². The van der Waals surface area contributed by atoms with Gasteiger partial charge in [0.15, 0.2) is 0 Å². The summed E-state index contributed by atoms with van der Waals surface area (Å²) >= 11 is 6.13. The average molecular weight is 255 g/mol. The smallest absolute Gasteiger partial charge is 0.145 e. The van der Waals surface area contributed by atoms with Crippen LogP contribution < -0.4 is 4.74 Å². The molecular weight excluding hydrogens is 240 g/mol. The van der Waals surface area contributed by atoms with Crippen LogP contribution in [0, 0.1) is 6.92 Å². The molecule has 1 aromatic carbocycles. The van der Waals surface area contributed by atoms with Crippen molar-refractivity contribution in [2.24, 2.45) is 0 Å². The van der Waals surface area contributed by atoms with Crippen LogP contribution in [-0.2, 0) is 14.9 Å². The van der Waals surface area contributed by atoms with Crippen LogP contribution in [0.5, 0.6) is 5.75 Å². The molecule has 92 valence electrons. The van der Waals surface area contributed by atoms with Crippen LogP contribution >= 0.6 is 11.6 Å². The maximum absolute atomic E-state index is 11.8. The van der Waals surface area contributed by atoms with E-state index in [0.717, 1.165) is 11.1 Å². The van der Waals surface area contributed by atoms with Crippen LogP contribution in [-0.4, -0.2) is 26.1 Å². The topological polar surface area (TPSA) is 35.5 Å². The number of Topliss-reactive ketones (excluding diaryl/α,β-unsaturated/α-hetero) is 1. The molecule has 0 aliphatic carbocycles. The number of rotatable bonds is 3. The van der Waals surface area contributed by atoms with Gasteiger partial charge in [0.1, 0.15) is 16.9 Å². The summed E-state index contributed by atoms with van der Waals surface area (Å²) in [6.45, 7) is 4.29. The highest BCUT2D eigenvalue weighted by molar-refractivity contribution is 6.31. The lowest BCUT2D eigenvalue weighted by Gasteiger charge is -2.40. The van der Waals surface area contributed by atoms with Crippen LogP contribution in [0.1, 0.15) is 18.1 Å². The lowest BCUT2D eigenvalue weighted by Crippen LogP contribution is -2.52. The second-order valence-electron chi connectivity index (χ2n) is 4.43. The van der Waals surface area contributed by atoms with E-state index in [-0.39, 0.29) is 5.78 Å². The number of hydrogen-bond acceptors (Lipinski definition) is 3. The highest BCUT2D eigenvalue weighted by Crippen LogP contribution is 2.41. The molecule has 0 saturated carbocycles. The van der Waals surface area contributed by atoms with Crippen molar-refractivity contribution in [2.45, 2.75) is 19.3 Å². The Morgan fingerprint density at radius 2 is 2.12 bits per heavy atom. The van der Waals surface area contributed by atoms with Crippen molar-refractivity contribution in [3.05, 3.63) is 28.3 Å². The van der Waals surface area contributed by atoms with Gasteiger partial charge in [-0.15, -0.1) is 0 Å². The number of carbonyl (C=O) groups is 1. The minimum absolute atomic E-state index is 0.0852. The zero-order valence-corrected chi connectivity index (χ0v) is 10.9. The molecule has 17 heavy (non-hydrogen) atoms. The number of benzene rings is 1. The quantitative estimate of drug-likeness (QED) is 0.832. The molecule has 1 aliphatic heterocycles. The van der Waals surface area contributed by atoms with Crippen molar-refractivity contribution in [2.75, 3.05) is 20.3 Å². The summed E-state index contributed by atoms with van der Waals surface area (Å²) in [4.78, 5) is 11.8. The van der Waals surface area contributed by atoms with Crippen molar-refractivity contribution >= 4 is 17.4 Å². The normalized spacial score (nSPS) is 17.4. The maximum Gasteiger partial charge on any atom is 0.145 e. The van der Waals surface area contributed by atoms with Gasteiger partial charge < -0.3 is 9.47 Å². The lowest BCUT2D eigenvalue weighted by molar-refractivity contribution is -0.140. The number of hydrogen-bond donors (Lipinski definition) is 0. The first-order valence-electron chi connectivity index (χ1n) is 5.44. The van der Waals surface area contributed by atoms with E-state index in [1.54, 1.807) is 14.0 Å². The van der Waals surface area contributed by atoms with Crippen LogP contribution in [0.25, 0.3) is 0 Å². The molecule has 4 heteroatoms.